The molecule has 1 heterocycles. The molecule has 128 valence electrons. The average molecular weight is 338 g/mol. The number of hydrogen-bond donors (Lipinski definition) is 0. The van der Waals surface area contributed by atoms with Gasteiger partial charge in [0.15, 0.2) is 0 Å². The fourth-order valence-electron chi connectivity index (χ4n) is 3.01. The third kappa shape index (κ3) is 4.70. The number of rotatable bonds is 4. The van der Waals surface area contributed by atoms with Crippen LogP contribution >= 0.6 is 0 Å². The maximum absolute atomic E-state index is 12.6. The van der Waals surface area contributed by atoms with Gasteiger partial charge in [-0.1, -0.05) is 30.5 Å². The Hall–Kier alpha value is -1.56. The highest BCUT2D eigenvalue weighted by atomic mass is 32.2. The van der Waals surface area contributed by atoms with E-state index < -0.39 is 10.0 Å². The van der Waals surface area contributed by atoms with Crippen molar-refractivity contribution in [2.45, 2.75) is 39.5 Å². The summed E-state index contributed by atoms with van der Waals surface area (Å²) >= 11 is 0. The van der Waals surface area contributed by atoms with Gasteiger partial charge in [0.1, 0.15) is 6.54 Å². The molecule has 0 aromatic heterocycles. The van der Waals surface area contributed by atoms with Crippen LogP contribution in [-0.4, -0.2) is 45.1 Å². The molecule has 5 nitrogen and oxygen atoms in total. The zero-order valence-electron chi connectivity index (χ0n) is 14.2. The van der Waals surface area contributed by atoms with Gasteiger partial charge in [-0.05, 0) is 38.3 Å². The number of aryl methyl sites for hydroxylation is 2. The second-order valence-electron chi connectivity index (χ2n) is 6.35. The van der Waals surface area contributed by atoms with E-state index in [0.29, 0.717) is 5.69 Å². The van der Waals surface area contributed by atoms with E-state index >= 15 is 0 Å². The molecule has 1 aliphatic heterocycles. The second-order valence-corrected chi connectivity index (χ2v) is 8.26. The molecule has 0 aliphatic carbocycles. The highest BCUT2D eigenvalue weighted by molar-refractivity contribution is 7.92. The van der Waals surface area contributed by atoms with Crippen LogP contribution in [-0.2, 0) is 14.8 Å². The molecule has 1 aliphatic rings. The number of nitrogens with zero attached hydrogens (tertiary/aromatic N) is 2. The van der Waals surface area contributed by atoms with Gasteiger partial charge in [0.25, 0.3) is 0 Å². The largest absolute Gasteiger partial charge is 0.341 e. The number of amides is 1. The summed E-state index contributed by atoms with van der Waals surface area (Å²) in [5.74, 6) is -0.114. The van der Waals surface area contributed by atoms with Crippen molar-refractivity contribution in [3.63, 3.8) is 0 Å². The third-order valence-electron chi connectivity index (χ3n) is 4.26. The summed E-state index contributed by atoms with van der Waals surface area (Å²) in [7, 11) is -3.51. The Morgan fingerprint density at radius 3 is 2.26 bits per heavy atom. The molecule has 1 aromatic rings. The van der Waals surface area contributed by atoms with Crippen molar-refractivity contribution in [1.29, 1.82) is 0 Å². The average Bonchev–Trinajstić information content (AvgIpc) is 2.73. The summed E-state index contributed by atoms with van der Waals surface area (Å²) in [6, 6.07) is 5.59. The number of anilines is 1. The van der Waals surface area contributed by atoms with E-state index in [9.17, 15) is 13.2 Å². The first-order valence-corrected chi connectivity index (χ1v) is 9.96. The van der Waals surface area contributed by atoms with Crippen LogP contribution in [0.25, 0.3) is 0 Å². The molecule has 0 unspecified atom stereocenters. The Labute approximate surface area is 139 Å². The first kappa shape index (κ1) is 17.8. The van der Waals surface area contributed by atoms with Crippen molar-refractivity contribution in [3.05, 3.63) is 29.3 Å². The molecule has 0 spiro atoms. The number of carbonyl (C=O) groups is 1. The van der Waals surface area contributed by atoms with Crippen LogP contribution in [0.3, 0.4) is 0 Å². The number of likely N-dealkylation sites (tertiary alicyclic amines) is 1. The number of sulfonamides is 1. The molecule has 2 rings (SSSR count). The third-order valence-corrected chi connectivity index (χ3v) is 5.39. The highest BCUT2D eigenvalue weighted by Gasteiger charge is 2.25. The van der Waals surface area contributed by atoms with Gasteiger partial charge in [-0.3, -0.25) is 9.10 Å². The summed E-state index contributed by atoms with van der Waals surface area (Å²) in [5, 5.41) is 0. The normalized spacial score (nSPS) is 16.0. The van der Waals surface area contributed by atoms with E-state index in [0.717, 1.165) is 56.2 Å². The smallest absolute Gasteiger partial charge is 0.243 e. The Kier molecular flexibility index (Phi) is 5.68. The van der Waals surface area contributed by atoms with Gasteiger partial charge in [-0.15, -0.1) is 0 Å². The van der Waals surface area contributed by atoms with Crippen molar-refractivity contribution >= 4 is 21.6 Å². The van der Waals surface area contributed by atoms with E-state index in [-0.39, 0.29) is 12.5 Å². The van der Waals surface area contributed by atoms with Crippen LogP contribution in [0.5, 0.6) is 0 Å². The molecule has 1 aromatic carbocycles. The Bertz CT molecular complexity index is 662. The highest BCUT2D eigenvalue weighted by Crippen LogP contribution is 2.24. The maximum Gasteiger partial charge on any atom is 0.243 e. The Balaban J connectivity index is 2.24. The van der Waals surface area contributed by atoms with Crippen LogP contribution in [0, 0.1) is 13.8 Å². The van der Waals surface area contributed by atoms with Crippen LogP contribution in [0.4, 0.5) is 5.69 Å². The van der Waals surface area contributed by atoms with Gasteiger partial charge >= 0.3 is 0 Å². The van der Waals surface area contributed by atoms with Gasteiger partial charge < -0.3 is 4.90 Å². The molecule has 0 saturated carbocycles. The van der Waals surface area contributed by atoms with Crippen LogP contribution in [0.15, 0.2) is 18.2 Å². The number of hydrogen-bond acceptors (Lipinski definition) is 3. The lowest BCUT2D eigenvalue weighted by atomic mass is 10.1. The minimum absolute atomic E-state index is 0.114. The summed E-state index contributed by atoms with van der Waals surface area (Å²) in [4.78, 5) is 14.4. The fraction of sp³-hybridized carbons (Fsp3) is 0.588. The van der Waals surface area contributed by atoms with Crippen molar-refractivity contribution in [1.82, 2.24) is 4.90 Å². The Morgan fingerprint density at radius 1 is 1.13 bits per heavy atom. The van der Waals surface area contributed by atoms with Gasteiger partial charge in [-0.25, -0.2) is 8.42 Å². The molecule has 6 heteroatoms. The van der Waals surface area contributed by atoms with E-state index in [2.05, 4.69) is 0 Å². The number of benzene rings is 1. The minimum Gasteiger partial charge on any atom is -0.341 e. The summed E-state index contributed by atoms with van der Waals surface area (Å²) in [5.41, 5.74) is 2.51. The SMILES string of the molecule is Cc1ccc(N(CC(=O)N2CCCCCC2)S(C)(=O)=O)c(C)c1. The van der Waals surface area contributed by atoms with E-state index in [1.54, 1.807) is 11.0 Å². The molecule has 0 radical (unpaired) electrons. The fourth-order valence-corrected chi connectivity index (χ4v) is 3.92. The monoisotopic (exact) mass is 338 g/mol. The second kappa shape index (κ2) is 7.34. The molecule has 1 saturated heterocycles. The molecule has 0 N–H and O–H groups in total. The maximum atomic E-state index is 12.6. The molecule has 0 atom stereocenters. The summed E-state index contributed by atoms with van der Waals surface area (Å²) in [6.45, 7) is 5.16. The quantitative estimate of drug-likeness (QED) is 0.847. The zero-order valence-corrected chi connectivity index (χ0v) is 15.0. The van der Waals surface area contributed by atoms with Gasteiger partial charge in [-0.2, -0.15) is 0 Å². The van der Waals surface area contributed by atoms with Gasteiger partial charge in [0.05, 0.1) is 11.9 Å². The molecule has 1 amide bonds. The first-order chi connectivity index (χ1) is 10.8. The van der Waals surface area contributed by atoms with E-state index in [1.165, 1.54) is 4.31 Å². The van der Waals surface area contributed by atoms with Crippen LogP contribution in [0.2, 0.25) is 0 Å². The lowest BCUT2D eigenvalue weighted by Crippen LogP contribution is -2.43. The van der Waals surface area contributed by atoms with Crippen molar-refractivity contribution in [3.8, 4) is 0 Å². The van der Waals surface area contributed by atoms with Crippen LogP contribution in [0.1, 0.15) is 36.8 Å². The van der Waals surface area contributed by atoms with Crippen molar-refractivity contribution in [2.75, 3.05) is 30.2 Å². The van der Waals surface area contributed by atoms with Gasteiger partial charge in [0, 0.05) is 13.1 Å². The molecule has 0 bridgehead atoms. The molecule has 23 heavy (non-hydrogen) atoms. The number of carbonyl (C=O) groups excluding carboxylic acids is 1. The predicted octanol–water partition coefficient (Wildman–Crippen LogP) is 2.47. The van der Waals surface area contributed by atoms with Crippen molar-refractivity contribution < 1.29 is 13.2 Å². The standard InChI is InChI=1S/C17H26N2O3S/c1-14-8-9-16(15(2)12-14)19(23(3,21)22)13-17(20)18-10-6-4-5-7-11-18/h8-9,12H,4-7,10-11,13H2,1-3H3. The lowest BCUT2D eigenvalue weighted by molar-refractivity contribution is -0.129. The predicted molar refractivity (Wildman–Crippen MR) is 93.2 cm³/mol. The molecular formula is C17H26N2O3S. The van der Waals surface area contributed by atoms with Crippen LogP contribution < -0.4 is 4.31 Å². The summed E-state index contributed by atoms with van der Waals surface area (Å²) in [6.07, 6.45) is 5.41. The van der Waals surface area contributed by atoms with E-state index in [1.807, 2.05) is 26.0 Å². The first-order valence-electron chi connectivity index (χ1n) is 8.12. The zero-order chi connectivity index (χ0) is 17.0. The van der Waals surface area contributed by atoms with E-state index in [4.69, 9.17) is 0 Å². The van der Waals surface area contributed by atoms with Gasteiger partial charge in [0.2, 0.25) is 15.9 Å². The topological polar surface area (TPSA) is 57.7 Å². The lowest BCUT2D eigenvalue weighted by Gasteiger charge is -2.27. The Morgan fingerprint density at radius 2 is 1.74 bits per heavy atom. The summed E-state index contributed by atoms with van der Waals surface area (Å²) < 4.78 is 25.7. The molecule has 1 fully saturated rings. The molecular weight excluding hydrogens is 312 g/mol. The minimum atomic E-state index is -3.51. The van der Waals surface area contributed by atoms with Crippen molar-refractivity contribution in [2.24, 2.45) is 0 Å².